The number of benzene rings is 3. The van der Waals surface area contributed by atoms with E-state index >= 15 is 0 Å². The number of carbonyl (C=O) groups is 1. The van der Waals surface area contributed by atoms with Crippen molar-refractivity contribution in [1.29, 1.82) is 0 Å². The van der Waals surface area contributed by atoms with Crippen LogP contribution in [0.1, 0.15) is 61.0 Å². The number of hydrogen-bond donors (Lipinski definition) is 0. The summed E-state index contributed by atoms with van der Waals surface area (Å²) in [5.74, 6) is 2.61. The second-order valence-corrected chi connectivity index (χ2v) is 10.2. The van der Waals surface area contributed by atoms with Gasteiger partial charge in [0, 0.05) is 24.0 Å². The molecule has 5 aromatic rings. The molecule has 0 spiro atoms. The fraction of sp³-hybridized carbons (Fsp3) is 0.265. The maximum Gasteiger partial charge on any atom is 0.338 e. The number of aromatic nitrogens is 3. The van der Waals surface area contributed by atoms with Gasteiger partial charge in [0.15, 0.2) is 11.5 Å². The summed E-state index contributed by atoms with van der Waals surface area (Å²) < 4.78 is 19.9. The highest BCUT2D eigenvalue weighted by molar-refractivity contribution is 5.94. The van der Waals surface area contributed by atoms with Gasteiger partial charge in [-0.2, -0.15) is 0 Å². The van der Waals surface area contributed by atoms with Crippen LogP contribution in [0.5, 0.6) is 17.2 Å². The zero-order valence-corrected chi connectivity index (χ0v) is 23.2. The summed E-state index contributed by atoms with van der Waals surface area (Å²) in [5.41, 5.74) is 4.40. The maximum atomic E-state index is 12.4. The molecule has 1 aliphatic rings. The van der Waals surface area contributed by atoms with E-state index in [-0.39, 0.29) is 5.97 Å². The number of imidazole rings is 1. The molecule has 0 aliphatic heterocycles. The molecule has 41 heavy (non-hydrogen) atoms. The fourth-order valence-corrected chi connectivity index (χ4v) is 5.45. The zero-order valence-electron chi connectivity index (χ0n) is 23.2. The molecule has 2 aromatic heterocycles. The van der Waals surface area contributed by atoms with E-state index in [1.807, 2.05) is 85.8 Å². The Balaban J connectivity index is 1.28. The van der Waals surface area contributed by atoms with Crippen LogP contribution in [-0.2, 0) is 11.3 Å². The SMILES string of the molecule is CCOC(=O)c1ccc2c(c1)nc(-c1ccc(Oc3ccccc3OCc3ccncc3)cc1)n2C1CCCCC1. The van der Waals surface area contributed by atoms with Crippen LogP contribution in [0.4, 0.5) is 0 Å². The summed E-state index contributed by atoms with van der Waals surface area (Å²) >= 11 is 0. The minimum atomic E-state index is -0.324. The van der Waals surface area contributed by atoms with E-state index in [9.17, 15) is 4.79 Å². The number of esters is 1. The summed E-state index contributed by atoms with van der Waals surface area (Å²) in [6.07, 6.45) is 9.44. The van der Waals surface area contributed by atoms with Gasteiger partial charge in [0.25, 0.3) is 0 Å². The Hall–Kier alpha value is -4.65. The van der Waals surface area contributed by atoms with Gasteiger partial charge < -0.3 is 18.8 Å². The van der Waals surface area contributed by atoms with Crippen molar-refractivity contribution in [2.24, 2.45) is 0 Å². The molecular weight excluding hydrogens is 514 g/mol. The first-order valence-corrected chi connectivity index (χ1v) is 14.3. The van der Waals surface area contributed by atoms with Crippen LogP contribution >= 0.6 is 0 Å². The van der Waals surface area contributed by atoms with Gasteiger partial charge in [0.2, 0.25) is 0 Å². The molecule has 1 fully saturated rings. The topological polar surface area (TPSA) is 75.5 Å². The molecular formula is C34H33N3O4. The second kappa shape index (κ2) is 12.3. The lowest BCUT2D eigenvalue weighted by molar-refractivity contribution is 0.0526. The van der Waals surface area contributed by atoms with Crippen molar-refractivity contribution >= 4 is 17.0 Å². The van der Waals surface area contributed by atoms with Gasteiger partial charge in [0.1, 0.15) is 18.2 Å². The lowest BCUT2D eigenvalue weighted by Crippen LogP contribution is -2.14. The molecule has 0 bridgehead atoms. The van der Waals surface area contributed by atoms with Gasteiger partial charge in [-0.25, -0.2) is 9.78 Å². The monoisotopic (exact) mass is 547 g/mol. The van der Waals surface area contributed by atoms with Gasteiger partial charge in [-0.3, -0.25) is 4.98 Å². The molecule has 208 valence electrons. The van der Waals surface area contributed by atoms with Gasteiger partial charge in [-0.05, 0) is 92.1 Å². The van der Waals surface area contributed by atoms with E-state index < -0.39 is 0 Å². The number of nitrogens with zero attached hydrogens (tertiary/aromatic N) is 3. The smallest absolute Gasteiger partial charge is 0.338 e. The summed E-state index contributed by atoms with van der Waals surface area (Å²) in [7, 11) is 0. The van der Waals surface area contributed by atoms with Crippen LogP contribution in [0.15, 0.2) is 91.3 Å². The van der Waals surface area contributed by atoms with E-state index in [0.29, 0.717) is 42.1 Å². The number of pyridine rings is 1. The maximum absolute atomic E-state index is 12.4. The first kappa shape index (κ1) is 26.6. The molecule has 2 heterocycles. The molecule has 0 unspecified atom stereocenters. The van der Waals surface area contributed by atoms with Gasteiger partial charge in [-0.15, -0.1) is 0 Å². The highest BCUT2D eigenvalue weighted by Crippen LogP contribution is 2.37. The van der Waals surface area contributed by atoms with E-state index in [1.165, 1.54) is 19.3 Å². The largest absolute Gasteiger partial charge is 0.485 e. The van der Waals surface area contributed by atoms with Crippen LogP contribution in [0.2, 0.25) is 0 Å². The van der Waals surface area contributed by atoms with Crippen molar-refractivity contribution in [3.05, 3.63) is 102 Å². The zero-order chi connectivity index (χ0) is 28.0. The minimum absolute atomic E-state index is 0.324. The summed E-state index contributed by atoms with van der Waals surface area (Å²) in [6, 6.07) is 25.6. The fourth-order valence-electron chi connectivity index (χ4n) is 5.45. The predicted molar refractivity (Wildman–Crippen MR) is 158 cm³/mol. The van der Waals surface area contributed by atoms with Crippen molar-refractivity contribution in [2.45, 2.75) is 51.7 Å². The molecule has 0 N–H and O–H groups in total. The molecule has 0 saturated heterocycles. The van der Waals surface area contributed by atoms with E-state index in [4.69, 9.17) is 19.2 Å². The molecule has 1 aliphatic carbocycles. The van der Waals surface area contributed by atoms with Crippen molar-refractivity contribution < 1.29 is 19.0 Å². The molecule has 7 heteroatoms. The van der Waals surface area contributed by atoms with E-state index in [0.717, 1.165) is 40.8 Å². The van der Waals surface area contributed by atoms with Gasteiger partial charge in [-0.1, -0.05) is 31.4 Å². The quantitative estimate of drug-likeness (QED) is 0.173. The Bertz CT molecular complexity index is 1620. The lowest BCUT2D eigenvalue weighted by atomic mass is 9.95. The second-order valence-electron chi connectivity index (χ2n) is 10.2. The number of fused-ring (bicyclic) bond motifs is 1. The third kappa shape index (κ3) is 5.94. The third-order valence-electron chi connectivity index (χ3n) is 7.47. The molecule has 7 nitrogen and oxygen atoms in total. The van der Waals surface area contributed by atoms with Crippen molar-refractivity contribution in [3.8, 4) is 28.6 Å². The molecule has 0 radical (unpaired) electrons. The van der Waals surface area contributed by atoms with Crippen LogP contribution in [0.25, 0.3) is 22.4 Å². The van der Waals surface area contributed by atoms with Crippen LogP contribution in [-0.4, -0.2) is 27.1 Å². The highest BCUT2D eigenvalue weighted by atomic mass is 16.5. The number of ether oxygens (including phenoxy) is 3. The highest BCUT2D eigenvalue weighted by Gasteiger charge is 2.23. The molecule has 6 rings (SSSR count). The Morgan fingerprint density at radius 3 is 2.41 bits per heavy atom. The van der Waals surface area contributed by atoms with Crippen molar-refractivity contribution in [3.63, 3.8) is 0 Å². The molecule has 0 amide bonds. The van der Waals surface area contributed by atoms with Gasteiger partial charge >= 0.3 is 5.97 Å². The third-order valence-corrected chi connectivity index (χ3v) is 7.47. The van der Waals surface area contributed by atoms with Crippen LogP contribution < -0.4 is 9.47 Å². The Morgan fingerprint density at radius 2 is 1.66 bits per heavy atom. The molecule has 3 aromatic carbocycles. The first-order chi connectivity index (χ1) is 20.2. The summed E-state index contributed by atoms with van der Waals surface area (Å²) in [4.78, 5) is 21.5. The molecule has 1 saturated carbocycles. The summed E-state index contributed by atoms with van der Waals surface area (Å²) in [6.45, 7) is 2.58. The first-order valence-electron chi connectivity index (χ1n) is 14.3. The Labute approximate surface area is 239 Å². The lowest BCUT2D eigenvalue weighted by Gasteiger charge is -2.25. The average Bonchev–Trinajstić information content (AvgIpc) is 3.41. The normalized spacial score (nSPS) is 13.7. The van der Waals surface area contributed by atoms with Crippen molar-refractivity contribution in [1.82, 2.24) is 14.5 Å². The number of carbonyl (C=O) groups excluding carboxylic acids is 1. The van der Waals surface area contributed by atoms with E-state index in [1.54, 1.807) is 12.4 Å². The standard InChI is InChI=1S/C34H33N3O4/c1-2-39-34(38)26-14-17-30-29(22-26)36-33(37(30)27-8-4-3-5-9-27)25-12-15-28(16-13-25)41-32-11-7-6-10-31(32)40-23-24-18-20-35-21-19-24/h6-7,10-22,27H,2-5,8-9,23H2,1H3. The van der Waals surface area contributed by atoms with Crippen LogP contribution in [0.3, 0.4) is 0 Å². The van der Waals surface area contributed by atoms with Crippen molar-refractivity contribution in [2.75, 3.05) is 6.61 Å². The Morgan fingerprint density at radius 1 is 0.902 bits per heavy atom. The minimum Gasteiger partial charge on any atom is -0.485 e. The predicted octanol–water partition coefficient (Wildman–Crippen LogP) is 8.15. The Kier molecular flexibility index (Phi) is 7.94. The number of para-hydroxylation sites is 2. The number of rotatable bonds is 9. The molecule has 0 atom stereocenters. The van der Waals surface area contributed by atoms with E-state index in [2.05, 4.69) is 9.55 Å². The van der Waals surface area contributed by atoms with Gasteiger partial charge in [0.05, 0.1) is 23.2 Å². The van der Waals surface area contributed by atoms with Crippen LogP contribution in [0, 0.1) is 0 Å². The average molecular weight is 548 g/mol. The number of hydrogen-bond acceptors (Lipinski definition) is 6. The summed E-state index contributed by atoms with van der Waals surface area (Å²) in [5, 5.41) is 0.